The molecule has 0 heterocycles. The Labute approximate surface area is 97.7 Å². The predicted molar refractivity (Wildman–Crippen MR) is 65.7 cm³/mol. The van der Waals surface area contributed by atoms with Gasteiger partial charge in [0.2, 0.25) is 0 Å². The van der Waals surface area contributed by atoms with E-state index in [2.05, 4.69) is 0 Å². The van der Waals surface area contributed by atoms with Crippen molar-refractivity contribution in [2.75, 3.05) is 20.7 Å². The minimum absolute atomic E-state index is 0.0492. The second kappa shape index (κ2) is 5.87. The monoisotopic (exact) mass is 223 g/mol. The van der Waals surface area contributed by atoms with Crippen molar-refractivity contribution in [2.45, 2.75) is 26.0 Å². The molecule has 0 bridgehead atoms. The topological polar surface area (TPSA) is 32.7 Å². The number of ether oxygens (including phenoxy) is 1. The first-order valence-corrected chi connectivity index (χ1v) is 5.58. The summed E-state index contributed by atoms with van der Waals surface area (Å²) in [5, 5.41) is 9.29. The first-order chi connectivity index (χ1) is 7.54. The zero-order valence-electron chi connectivity index (χ0n) is 10.5. The first-order valence-electron chi connectivity index (χ1n) is 5.58. The van der Waals surface area contributed by atoms with Crippen LogP contribution in [0.15, 0.2) is 24.3 Å². The zero-order chi connectivity index (χ0) is 12.1. The van der Waals surface area contributed by atoms with Crippen LogP contribution in [-0.4, -0.2) is 36.8 Å². The summed E-state index contributed by atoms with van der Waals surface area (Å²) in [6.07, 6.45) is 0.188. The highest BCUT2D eigenvalue weighted by molar-refractivity contribution is 5.29. The highest BCUT2D eigenvalue weighted by Gasteiger charge is 2.12. The van der Waals surface area contributed by atoms with Gasteiger partial charge < -0.3 is 14.7 Å². The van der Waals surface area contributed by atoms with Gasteiger partial charge in [0.25, 0.3) is 0 Å². The number of hydrogen-bond donors (Lipinski definition) is 1. The molecule has 1 rings (SSSR count). The molecular formula is C13H21NO2. The Morgan fingerprint density at radius 2 is 1.75 bits per heavy atom. The average molecular weight is 223 g/mol. The van der Waals surface area contributed by atoms with Crippen molar-refractivity contribution in [3.8, 4) is 5.75 Å². The molecule has 0 spiro atoms. The van der Waals surface area contributed by atoms with Gasteiger partial charge in [-0.1, -0.05) is 12.1 Å². The lowest BCUT2D eigenvalue weighted by molar-refractivity contribution is 0.170. The van der Waals surface area contributed by atoms with Crippen LogP contribution < -0.4 is 4.74 Å². The largest absolute Gasteiger partial charge is 0.491 e. The standard InChI is InChI=1S/C13H21NO2/c1-10(2)16-12-7-5-11(6-8-12)13(9-15)14(3)4/h5-8,10,13,15H,9H2,1-4H3. The van der Waals surface area contributed by atoms with E-state index in [0.717, 1.165) is 11.3 Å². The number of likely N-dealkylation sites (N-methyl/N-ethyl adjacent to an activating group) is 1. The van der Waals surface area contributed by atoms with E-state index in [1.807, 2.05) is 57.1 Å². The maximum absolute atomic E-state index is 9.29. The van der Waals surface area contributed by atoms with E-state index in [1.165, 1.54) is 0 Å². The minimum Gasteiger partial charge on any atom is -0.491 e. The van der Waals surface area contributed by atoms with Gasteiger partial charge in [-0.05, 0) is 45.6 Å². The van der Waals surface area contributed by atoms with Gasteiger partial charge in [-0.3, -0.25) is 0 Å². The molecule has 0 radical (unpaired) electrons. The molecule has 3 heteroatoms. The van der Waals surface area contributed by atoms with Crippen LogP contribution >= 0.6 is 0 Å². The summed E-state index contributed by atoms with van der Waals surface area (Å²) in [5.74, 6) is 0.870. The molecule has 16 heavy (non-hydrogen) atoms. The van der Waals surface area contributed by atoms with Gasteiger partial charge in [-0.25, -0.2) is 0 Å². The van der Waals surface area contributed by atoms with Gasteiger partial charge in [-0.15, -0.1) is 0 Å². The Morgan fingerprint density at radius 1 is 1.19 bits per heavy atom. The fourth-order valence-electron chi connectivity index (χ4n) is 1.61. The molecule has 1 atom stereocenters. The van der Waals surface area contributed by atoms with Gasteiger partial charge in [0.05, 0.1) is 18.8 Å². The number of hydrogen-bond acceptors (Lipinski definition) is 3. The van der Waals surface area contributed by atoms with E-state index < -0.39 is 0 Å². The molecule has 0 aliphatic rings. The maximum atomic E-state index is 9.29. The molecule has 0 aliphatic carbocycles. The minimum atomic E-state index is 0.0492. The first kappa shape index (κ1) is 13.0. The number of nitrogens with zero attached hydrogens (tertiary/aromatic N) is 1. The highest BCUT2D eigenvalue weighted by Crippen LogP contribution is 2.21. The zero-order valence-corrected chi connectivity index (χ0v) is 10.5. The Bertz CT molecular complexity index is 306. The van der Waals surface area contributed by atoms with E-state index >= 15 is 0 Å². The van der Waals surface area contributed by atoms with E-state index in [0.29, 0.717) is 0 Å². The Kier molecular flexibility index (Phi) is 4.77. The summed E-state index contributed by atoms with van der Waals surface area (Å²) in [6, 6.07) is 7.94. The summed E-state index contributed by atoms with van der Waals surface area (Å²) >= 11 is 0. The van der Waals surface area contributed by atoms with Crippen LogP contribution in [0.3, 0.4) is 0 Å². The summed E-state index contributed by atoms with van der Waals surface area (Å²) in [4.78, 5) is 2.00. The van der Waals surface area contributed by atoms with Crippen molar-refractivity contribution in [2.24, 2.45) is 0 Å². The quantitative estimate of drug-likeness (QED) is 0.829. The highest BCUT2D eigenvalue weighted by atomic mass is 16.5. The fourth-order valence-corrected chi connectivity index (χ4v) is 1.61. The van der Waals surface area contributed by atoms with Gasteiger partial charge in [0.1, 0.15) is 5.75 Å². The van der Waals surface area contributed by atoms with Gasteiger partial charge in [-0.2, -0.15) is 0 Å². The summed E-state index contributed by atoms with van der Waals surface area (Å²) in [7, 11) is 3.92. The van der Waals surface area contributed by atoms with Gasteiger partial charge >= 0.3 is 0 Å². The predicted octanol–water partition coefficient (Wildman–Crippen LogP) is 2.07. The molecule has 1 N–H and O–H groups in total. The average Bonchev–Trinajstić information content (AvgIpc) is 2.20. The molecule has 0 fully saturated rings. The summed E-state index contributed by atoms with van der Waals surface area (Å²) in [6.45, 7) is 4.13. The van der Waals surface area contributed by atoms with Crippen molar-refractivity contribution < 1.29 is 9.84 Å². The normalized spacial score (nSPS) is 13.2. The fraction of sp³-hybridized carbons (Fsp3) is 0.538. The molecule has 1 aromatic rings. The van der Waals surface area contributed by atoms with Crippen molar-refractivity contribution >= 4 is 0 Å². The van der Waals surface area contributed by atoms with Crippen LogP contribution in [-0.2, 0) is 0 Å². The van der Waals surface area contributed by atoms with Crippen molar-refractivity contribution in [3.05, 3.63) is 29.8 Å². The number of aliphatic hydroxyl groups excluding tert-OH is 1. The van der Waals surface area contributed by atoms with E-state index in [9.17, 15) is 5.11 Å². The van der Waals surface area contributed by atoms with Gasteiger partial charge in [0.15, 0.2) is 0 Å². The lowest BCUT2D eigenvalue weighted by Gasteiger charge is -2.22. The smallest absolute Gasteiger partial charge is 0.119 e. The molecule has 90 valence electrons. The lowest BCUT2D eigenvalue weighted by atomic mass is 10.1. The Morgan fingerprint density at radius 3 is 2.12 bits per heavy atom. The summed E-state index contributed by atoms with van der Waals surface area (Å²) in [5.41, 5.74) is 1.10. The maximum Gasteiger partial charge on any atom is 0.119 e. The van der Waals surface area contributed by atoms with Crippen molar-refractivity contribution in [3.63, 3.8) is 0 Å². The lowest BCUT2D eigenvalue weighted by Crippen LogP contribution is -2.23. The third-order valence-electron chi connectivity index (χ3n) is 2.43. The molecule has 1 aromatic carbocycles. The van der Waals surface area contributed by atoms with Crippen LogP contribution in [0, 0.1) is 0 Å². The Balaban J connectivity index is 2.77. The van der Waals surface area contributed by atoms with Crippen molar-refractivity contribution in [1.82, 2.24) is 4.90 Å². The molecule has 0 amide bonds. The van der Waals surface area contributed by atoms with E-state index in [-0.39, 0.29) is 18.8 Å². The number of aliphatic hydroxyl groups is 1. The van der Waals surface area contributed by atoms with Crippen LogP contribution in [0.1, 0.15) is 25.5 Å². The van der Waals surface area contributed by atoms with E-state index in [4.69, 9.17) is 4.74 Å². The second-order valence-electron chi connectivity index (χ2n) is 4.40. The van der Waals surface area contributed by atoms with Crippen LogP contribution in [0.2, 0.25) is 0 Å². The summed E-state index contributed by atoms with van der Waals surface area (Å²) < 4.78 is 5.57. The van der Waals surface area contributed by atoms with E-state index in [1.54, 1.807) is 0 Å². The van der Waals surface area contributed by atoms with Crippen LogP contribution in [0.25, 0.3) is 0 Å². The van der Waals surface area contributed by atoms with Crippen molar-refractivity contribution in [1.29, 1.82) is 0 Å². The molecule has 0 aromatic heterocycles. The molecule has 1 unspecified atom stereocenters. The van der Waals surface area contributed by atoms with Crippen LogP contribution in [0.4, 0.5) is 0 Å². The molecule has 0 aliphatic heterocycles. The second-order valence-corrected chi connectivity index (χ2v) is 4.40. The molecule has 0 saturated heterocycles. The molecule has 3 nitrogen and oxygen atoms in total. The molecule has 0 saturated carbocycles. The third kappa shape index (κ3) is 3.51. The Hall–Kier alpha value is -1.06. The third-order valence-corrected chi connectivity index (χ3v) is 2.43. The number of rotatable bonds is 5. The number of benzene rings is 1. The van der Waals surface area contributed by atoms with Crippen LogP contribution in [0.5, 0.6) is 5.75 Å². The van der Waals surface area contributed by atoms with Gasteiger partial charge in [0, 0.05) is 0 Å². The SMILES string of the molecule is CC(C)Oc1ccc(C(CO)N(C)C)cc1. The molecular weight excluding hydrogens is 202 g/mol.